The number of aromatic nitrogens is 2. The topological polar surface area (TPSA) is 130 Å². The molecule has 0 aliphatic carbocycles. The van der Waals surface area contributed by atoms with E-state index >= 15 is 0 Å². The number of sulfonamides is 1. The standard InChI is InChI=1S/C21H21ClN4O4S/c22-18-4-2-1-3-17(18)20-13(9-19(23)27)5-6-16(21(20)31(24,28)29)14-10-25-26(11-14)15-7-8-30-12-15/h1-6,10-11,15H,7-9,12H2,(H2,23,27)(H2,24,28,29). The van der Waals surface area contributed by atoms with Gasteiger partial charge in [0, 0.05) is 40.1 Å². The van der Waals surface area contributed by atoms with E-state index in [4.69, 9.17) is 27.2 Å². The summed E-state index contributed by atoms with van der Waals surface area (Å²) in [7, 11) is -4.22. The van der Waals surface area contributed by atoms with Crippen LogP contribution < -0.4 is 10.9 Å². The second-order valence-corrected chi connectivity index (χ2v) is 9.28. The minimum Gasteiger partial charge on any atom is -0.379 e. The Morgan fingerprint density at radius 2 is 2.00 bits per heavy atom. The average Bonchev–Trinajstić information content (AvgIpc) is 3.39. The molecule has 162 valence electrons. The highest BCUT2D eigenvalue weighted by Crippen LogP contribution is 2.41. The van der Waals surface area contributed by atoms with E-state index in [1.165, 1.54) is 0 Å². The van der Waals surface area contributed by atoms with Gasteiger partial charge < -0.3 is 10.5 Å². The summed E-state index contributed by atoms with van der Waals surface area (Å²) >= 11 is 6.40. The van der Waals surface area contributed by atoms with Crippen molar-refractivity contribution in [1.29, 1.82) is 0 Å². The first-order valence-electron chi connectivity index (χ1n) is 9.60. The first-order chi connectivity index (χ1) is 14.8. The van der Waals surface area contributed by atoms with Crippen LogP contribution in [0.1, 0.15) is 18.0 Å². The number of hydrogen-bond donors (Lipinski definition) is 2. The van der Waals surface area contributed by atoms with Gasteiger partial charge >= 0.3 is 0 Å². The number of amides is 1. The van der Waals surface area contributed by atoms with Crippen molar-refractivity contribution in [2.45, 2.75) is 23.8 Å². The summed E-state index contributed by atoms with van der Waals surface area (Å²) in [6.07, 6.45) is 4.02. The number of nitrogens with zero attached hydrogens (tertiary/aromatic N) is 2. The number of rotatable bonds is 6. The van der Waals surface area contributed by atoms with Gasteiger partial charge in [-0.15, -0.1) is 0 Å². The number of benzene rings is 2. The van der Waals surface area contributed by atoms with Gasteiger partial charge in [0.25, 0.3) is 0 Å². The maximum absolute atomic E-state index is 12.8. The molecule has 4 N–H and O–H groups in total. The van der Waals surface area contributed by atoms with Crippen LogP contribution in [0.5, 0.6) is 0 Å². The van der Waals surface area contributed by atoms with Gasteiger partial charge in [0.05, 0.1) is 30.2 Å². The molecule has 1 saturated heterocycles. The van der Waals surface area contributed by atoms with Crippen molar-refractivity contribution in [3.8, 4) is 22.3 Å². The molecule has 0 radical (unpaired) electrons. The van der Waals surface area contributed by atoms with E-state index in [2.05, 4.69) is 5.10 Å². The number of nitrogens with two attached hydrogens (primary N) is 2. The third kappa shape index (κ3) is 4.35. The maximum Gasteiger partial charge on any atom is 0.239 e. The van der Waals surface area contributed by atoms with Gasteiger partial charge in [-0.05, 0) is 18.1 Å². The van der Waals surface area contributed by atoms with E-state index < -0.39 is 15.9 Å². The second kappa shape index (κ2) is 8.43. The van der Waals surface area contributed by atoms with Crippen LogP contribution in [0.4, 0.5) is 0 Å². The van der Waals surface area contributed by atoms with Crippen LogP contribution >= 0.6 is 11.6 Å². The molecule has 3 aromatic rings. The van der Waals surface area contributed by atoms with E-state index in [0.717, 1.165) is 6.42 Å². The van der Waals surface area contributed by atoms with E-state index in [1.807, 2.05) is 0 Å². The average molecular weight is 461 g/mol. The van der Waals surface area contributed by atoms with Crippen molar-refractivity contribution in [2.75, 3.05) is 13.2 Å². The molecule has 31 heavy (non-hydrogen) atoms. The molecule has 0 spiro atoms. The van der Waals surface area contributed by atoms with Crippen LogP contribution in [0, 0.1) is 0 Å². The molecule has 1 aliphatic heterocycles. The highest BCUT2D eigenvalue weighted by molar-refractivity contribution is 7.89. The van der Waals surface area contributed by atoms with Crippen LogP contribution in [-0.4, -0.2) is 37.3 Å². The fourth-order valence-electron chi connectivity index (χ4n) is 3.85. The van der Waals surface area contributed by atoms with Crippen molar-refractivity contribution in [2.24, 2.45) is 10.9 Å². The van der Waals surface area contributed by atoms with Gasteiger partial charge in [-0.1, -0.05) is 41.9 Å². The number of halogens is 1. The zero-order chi connectivity index (χ0) is 22.2. The molecule has 1 fully saturated rings. The zero-order valence-electron chi connectivity index (χ0n) is 16.5. The Hall–Kier alpha value is -2.72. The predicted octanol–water partition coefficient (Wildman–Crippen LogP) is 2.51. The number of carbonyl (C=O) groups is 1. The minimum absolute atomic E-state index is 0.0869. The Kier molecular flexibility index (Phi) is 5.85. The van der Waals surface area contributed by atoms with E-state index in [0.29, 0.717) is 40.5 Å². The molecule has 1 atom stereocenters. The summed E-state index contributed by atoms with van der Waals surface area (Å²) in [5.74, 6) is -0.601. The van der Waals surface area contributed by atoms with Gasteiger partial charge in [-0.3, -0.25) is 9.48 Å². The van der Waals surface area contributed by atoms with Gasteiger partial charge in [-0.2, -0.15) is 5.10 Å². The fourth-order valence-corrected chi connectivity index (χ4v) is 5.10. The summed E-state index contributed by atoms with van der Waals surface area (Å²) < 4.78 is 32.8. The zero-order valence-corrected chi connectivity index (χ0v) is 18.1. The lowest BCUT2D eigenvalue weighted by molar-refractivity contribution is -0.117. The Morgan fingerprint density at radius 1 is 1.23 bits per heavy atom. The SMILES string of the molecule is NC(=O)Cc1ccc(-c2cnn(C3CCOC3)c2)c(S(N)(=O)=O)c1-c1ccccc1Cl. The van der Waals surface area contributed by atoms with Gasteiger partial charge in [0.1, 0.15) is 0 Å². The lowest BCUT2D eigenvalue weighted by Crippen LogP contribution is -2.19. The number of primary amides is 1. The van der Waals surface area contributed by atoms with Crippen LogP contribution in [0.3, 0.4) is 0 Å². The van der Waals surface area contributed by atoms with Crippen molar-refractivity contribution in [3.63, 3.8) is 0 Å². The highest BCUT2D eigenvalue weighted by Gasteiger charge is 2.27. The molecule has 1 unspecified atom stereocenters. The molecule has 0 saturated carbocycles. The minimum atomic E-state index is -4.22. The summed E-state index contributed by atoms with van der Waals surface area (Å²) in [6, 6.07) is 10.2. The molecule has 2 heterocycles. The summed E-state index contributed by atoms with van der Waals surface area (Å²) in [6.45, 7) is 1.20. The molecule has 8 nitrogen and oxygen atoms in total. The molecule has 1 amide bonds. The quantitative estimate of drug-likeness (QED) is 0.583. The lowest BCUT2D eigenvalue weighted by atomic mass is 9.93. The summed E-state index contributed by atoms with van der Waals surface area (Å²) in [5.41, 5.74) is 7.50. The predicted molar refractivity (Wildman–Crippen MR) is 117 cm³/mol. The largest absolute Gasteiger partial charge is 0.379 e. The third-order valence-corrected chi connectivity index (χ3v) is 6.55. The second-order valence-electron chi connectivity index (χ2n) is 7.37. The first kappa shape index (κ1) is 21.5. The van der Waals surface area contributed by atoms with Crippen molar-refractivity contribution < 1.29 is 17.9 Å². The van der Waals surface area contributed by atoms with E-state index in [-0.39, 0.29) is 22.9 Å². The molecule has 1 aliphatic rings. The summed E-state index contributed by atoms with van der Waals surface area (Å²) in [4.78, 5) is 11.6. The Morgan fingerprint density at radius 3 is 2.65 bits per heavy atom. The molecular weight excluding hydrogens is 440 g/mol. The first-order valence-corrected chi connectivity index (χ1v) is 11.5. The maximum atomic E-state index is 12.8. The van der Waals surface area contributed by atoms with Crippen molar-refractivity contribution in [3.05, 3.63) is 59.4 Å². The number of hydrogen-bond acceptors (Lipinski definition) is 5. The van der Waals surface area contributed by atoms with Crippen molar-refractivity contribution in [1.82, 2.24) is 9.78 Å². The van der Waals surface area contributed by atoms with Crippen LogP contribution in [0.15, 0.2) is 53.7 Å². The van der Waals surface area contributed by atoms with Gasteiger partial charge in [-0.25, -0.2) is 13.6 Å². The number of primary sulfonamides is 1. The Labute approximate surface area is 184 Å². The molecule has 1 aromatic heterocycles. The van der Waals surface area contributed by atoms with Gasteiger partial charge in [0.2, 0.25) is 15.9 Å². The smallest absolute Gasteiger partial charge is 0.239 e. The number of carbonyl (C=O) groups excluding carboxylic acids is 1. The molecule has 0 bridgehead atoms. The monoisotopic (exact) mass is 460 g/mol. The Bertz CT molecular complexity index is 1250. The molecule has 4 rings (SSSR count). The molecular formula is C21H21ClN4O4S. The molecule has 10 heteroatoms. The number of ether oxygens (including phenoxy) is 1. The van der Waals surface area contributed by atoms with Crippen LogP contribution in [0.2, 0.25) is 5.02 Å². The normalized spacial score (nSPS) is 16.5. The fraction of sp³-hybridized carbons (Fsp3) is 0.238. The summed E-state index contributed by atoms with van der Waals surface area (Å²) in [5, 5.41) is 10.4. The van der Waals surface area contributed by atoms with Crippen molar-refractivity contribution >= 4 is 27.5 Å². The van der Waals surface area contributed by atoms with Gasteiger partial charge in [0.15, 0.2) is 0 Å². The molecule has 2 aromatic carbocycles. The highest BCUT2D eigenvalue weighted by atomic mass is 35.5. The van der Waals surface area contributed by atoms with E-state index in [1.54, 1.807) is 53.5 Å². The van der Waals surface area contributed by atoms with Crippen LogP contribution in [0.25, 0.3) is 22.3 Å². The Balaban J connectivity index is 1.98. The van der Waals surface area contributed by atoms with Crippen LogP contribution in [-0.2, 0) is 26.0 Å². The third-order valence-electron chi connectivity index (χ3n) is 5.23. The lowest BCUT2D eigenvalue weighted by Gasteiger charge is -2.18. The van der Waals surface area contributed by atoms with E-state index in [9.17, 15) is 13.2 Å².